The van der Waals surface area contributed by atoms with E-state index < -0.39 is 0 Å². The predicted molar refractivity (Wildman–Crippen MR) is 74.8 cm³/mol. The molecule has 3 heteroatoms. The number of hydrogen-bond acceptors (Lipinski definition) is 1. The van der Waals surface area contributed by atoms with E-state index in [1.165, 1.54) is 5.56 Å². The lowest BCUT2D eigenvalue weighted by Crippen LogP contribution is -2.00. The Hall–Kier alpha value is -1.80. The van der Waals surface area contributed by atoms with Crippen molar-refractivity contribution in [2.24, 2.45) is 0 Å². The largest absolute Gasteiger partial charge is 0.260 e. The van der Waals surface area contributed by atoms with Crippen LogP contribution in [0.2, 0.25) is 0 Å². The summed E-state index contributed by atoms with van der Waals surface area (Å²) in [6, 6.07) is 16.6. The Morgan fingerprint density at radius 3 is 2.61 bits per heavy atom. The molecule has 3 aromatic rings. The van der Waals surface area contributed by atoms with E-state index in [1.54, 1.807) is 0 Å². The fraction of sp³-hybridized carbons (Fsp3) is 0.133. The van der Waals surface area contributed by atoms with Gasteiger partial charge in [0.15, 0.2) is 0 Å². The number of fused-ring (bicyclic) bond motifs is 1. The van der Waals surface area contributed by atoms with E-state index in [0.717, 1.165) is 23.0 Å². The van der Waals surface area contributed by atoms with Gasteiger partial charge < -0.3 is 0 Å². The maximum Gasteiger partial charge on any atom is 0.0686 e. The third kappa shape index (κ3) is 2.12. The quantitative estimate of drug-likeness (QED) is 0.652. The molecule has 0 saturated heterocycles. The normalized spacial score (nSPS) is 10.9. The van der Waals surface area contributed by atoms with Gasteiger partial charge in [0.05, 0.1) is 18.3 Å². The van der Waals surface area contributed by atoms with Crippen LogP contribution in [-0.2, 0) is 12.4 Å². The van der Waals surface area contributed by atoms with Crippen molar-refractivity contribution in [1.29, 1.82) is 0 Å². The minimum Gasteiger partial charge on any atom is -0.260 e. The lowest BCUT2D eigenvalue weighted by atomic mass is 10.2. The third-order valence-electron chi connectivity index (χ3n) is 3.04. The van der Waals surface area contributed by atoms with Crippen LogP contribution in [0, 0.1) is 0 Å². The second-order valence-electron chi connectivity index (χ2n) is 4.31. The molecule has 0 saturated carbocycles. The molecule has 3 rings (SSSR count). The number of halogens is 1. The first kappa shape index (κ1) is 11.3. The van der Waals surface area contributed by atoms with Crippen LogP contribution >= 0.6 is 11.6 Å². The lowest BCUT2D eigenvalue weighted by molar-refractivity contribution is 0.712. The first-order valence-corrected chi connectivity index (χ1v) is 6.44. The van der Waals surface area contributed by atoms with Crippen LogP contribution in [-0.4, -0.2) is 9.78 Å². The summed E-state index contributed by atoms with van der Waals surface area (Å²) in [5.74, 6) is 0.541. The maximum absolute atomic E-state index is 5.84. The summed E-state index contributed by atoms with van der Waals surface area (Å²) < 4.78 is 2.02. The van der Waals surface area contributed by atoms with Gasteiger partial charge in [-0.3, -0.25) is 4.68 Å². The fourth-order valence-electron chi connectivity index (χ4n) is 2.10. The molecule has 0 aliphatic carbocycles. The molecule has 1 aromatic heterocycles. The Kier molecular flexibility index (Phi) is 3.03. The molecule has 90 valence electrons. The zero-order chi connectivity index (χ0) is 12.4. The van der Waals surface area contributed by atoms with Crippen molar-refractivity contribution >= 4 is 22.5 Å². The monoisotopic (exact) mass is 256 g/mol. The van der Waals surface area contributed by atoms with Gasteiger partial charge >= 0.3 is 0 Å². The summed E-state index contributed by atoms with van der Waals surface area (Å²) in [7, 11) is 0. The van der Waals surface area contributed by atoms with E-state index in [0.29, 0.717) is 5.88 Å². The van der Waals surface area contributed by atoms with Crippen LogP contribution in [0.5, 0.6) is 0 Å². The number of alkyl halides is 1. The Morgan fingerprint density at radius 2 is 1.83 bits per heavy atom. The van der Waals surface area contributed by atoms with E-state index in [-0.39, 0.29) is 0 Å². The molecule has 0 radical (unpaired) electrons. The Balaban J connectivity index is 1.98. The third-order valence-corrected chi connectivity index (χ3v) is 3.34. The molecule has 0 atom stereocenters. The summed E-state index contributed by atoms with van der Waals surface area (Å²) in [6.07, 6.45) is 1.90. The smallest absolute Gasteiger partial charge is 0.0686 e. The molecule has 0 aliphatic heterocycles. The predicted octanol–water partition coefficient (Wildman–Crippen LogP) is 3.82. The molecule has 0 unspecified atom stereocenters. The van der Waals surface area contributed by atoms with Crippen LogP contribution in [0.3, 0.4) is 0 Å². The first-order valence-electron chi connectivity index (χ1n) is 5.91. The van der Waals surface area contributed by atoms with Gasteiger partial charge in [0, 0.05) is 11.3 Å². The number of nitrogens with zero attached hydrogens (tertiary/aromatic N) is 2. The Bertz CT molecular complexity index is 659. The molecule has 0 spiro atoms. The van der Waals surface area contributed by atoms with Crippen LogP contribution < -0.4 is 0 Å². The number of aromatic nitrogens is 2. The van der Waals surface area contributed by atoms with Gasteiger partial charge in [0.1, 0.15) is 0 Å². The van der Waals surface area contributed by atoms with Crippen molar-refractivity contribution in [1.82, 2.24) is 9.78 Å². The van der Waals surface area contributed by atoms with Gasteiger partial charge in [-0.25, -0.2) is 0 Å². The van der Waals surface area contributed by atoms with Crippen molar-refractivity contribution in [2.75, 3.05) is 0 Å². The van der Waals surface area contributed by atoms with E-state index in [4.69, 9.17) is 11.6 Å². The molecule has 0 aliphatic rings. The molecule has 18 heavy (non-hydrogen) atoms. The zero-order valence-electron chi connectivity index (χ0n) is 9.88. The van der Waals surface area contributed by atoms with Crippen molar-refractivity contribution < 1.29 is 0 Å². The zero-order valence-corrected chi connectivity index (χ0v) is 10.6. The van der Waals surface area contributed by atoms with Crippen LogP contribution in [0.15, 0.2) is 54.7 Å². The summed E-state index contributed by atoms with van der Waals surface area (Å²) in [5.41, 5.74) is 3.53. The van der Waals surface area contributed by atoms with Crippen LogP contribution in [0.1, 0.15) is 11.1 Å². The summed E-state index contributed by atoms with van der Waals surface area (Å²) in [4.78, 5) is 0. The van der Waals surface area contributed by atoms with Gasteiger partial charge in [0.2, 0.25) is 0 Å². The van der Waals surface area contributed by atoms with Gasteiger partial charge in [-0.15, -0.1) is 11.6 Å². The van der Waals surface area contributed by atoms with E-state index >= 15 is 0 Å². The van der Waals surface area contributed by atoms with Crippen LogP contribution in [0.4, 0.5) is 0 Å². The minimum absolute atomic E-state index is 0.541. The summed E-state index contributed by atoms with van der Waals surface area (Å²) in [6.45, 7) is 0.796. The van der Waals surface area contributed by atoms with E-state index in [9.17, 15) is 0 Å². The average Bonchev–Trinajstić information content (AvgIpc) is 2.82. The maximum atomic E-state index is 5.84. The van der Waals surface area contributed by atoms with Crippen molar-refractivity contribution in [2.45, 2.75) is 12.4 Å². The molecule has 2 aromatic carbocycles. The Morgan fingerprint density at radius 1 is 1.00 bits per heavy atom. The molecule has 0 amide bonds. The van der Waals surface area contributed by atoms with Crippen molar-refractivity contribution in [3.05, 3.63) is 65.9 Å². The van der Waals surface area contributed by atoms with Crippen molar-refractivity contribution in [3.8, 4) is 0 Å². The molecule has 1 heterocycles. The van der Waals surface area contributed by atoms with E-state index in [2.05, 4.69) is 35.4 Å². The molecule has 2 nitrogen and oxygen atoms in total. The number of benzene rings is 2. The molecule has 0 fully saturated rings. The Labute approximate surface area is 111 Å². The fourth-order valence-corrected chi connectivity index (χ4v) is 2.27. The highest BCUT2D eigenvalue weighted by molar-refractivity contribution is 6.17. The summed E-state index contributed by atoms with van der Waals surface area (Å²) >= 11 is 5.84. The minimum atomic E-state index is 0.541. The van der Waals surface area contributed by atoms with E-state index in [1.807, 2.05) is 29.1 Å². The standard InChI is InChI=1S/C15H13ClN2/c16-9-13-6-7-15-14(8-13)10-17-18(15)11-12-4-2-1-3-5-12/h1-8,10H,9,11H2. The lowest BCUT2D eigenvalue weighted by Gasteiger charge is -2.04. The number of hydrogen-bond donors (Lipinski definition) is 0. The summed E-state index contributed by atoms with van der Waals surface area (Å²) in [5, 5.41) is 5.58. The first-order chi connectivity index (χ1) is 8.86. The SMILES string of the molecule is ClCc1ccc2c(cnn2Cc2ccccc2)c1. The molecular formula is C15H13ClN2. The second kappa shape index (κ2) is 4.83. The highest BCUT2D eigenvalue weighted by Crippen LogP contribution is 2.18. The van der Waals surface area contributed by atoms with Crippen molar-refractivity contribution in [3.63, 3.8) is 0 Å². The van der Waals surface area contributed by atoms with Gasteiger partial charge in [-0.05, 0) is 23.3 Å². The van der Waals surface area contributed by atoms with Gasteiger partial charge in [0.25, 0.3) is 0 Å². The van der Waals surface area contributed by atoms with Crippen LogP contribution in [0.25, 0.3) is 10.9 Å². The van der Waals surface area contributed by atoms with Gasteiger partial charge in [-0.2, -0.15) is 5.10 Å². The molecular weight excluding hydrogens is 244 g/mol. The molecule has 0 bridgehead atoms. The highest BCUT2D eigenvalue weighted by Gasteiger charge is 2.03. The second-order valence-corrected chi connectivity index (χ2v) is 4.58. The highest BCUT2D eigenvalue weighted by atomic mass is 35.5. The average molecular weight is 257 g/mol. The number of rotatable bonds is 3. The van der Waals surface area contributed by atoms with Gasteiger partial charge in [-0.1, -0.05) is 36.4 Å². The molecule has 0 N–H and O–H groups in total. The topological polar surface area (TPSA) is 17.8 Å².